The van der Waals surface area contributed by atoms with Crippen LogP contribution in [0.25, 0.3) is 0 Å². The molecule has 1 saturated heterocycles. The molecule has 8 heteroatoms. The second kappa shape index (κ2) is 6.36. The fourth-order valence-electron chi connectivity index (χ4n) is 2.48. The third-order valence-corrected chi connectivity index (χ3v) is 5.53. The molecule has 0 unspecified atom stereocenters. The molecule has 124 valence electrons. The molecule has 2 rings (SSSR count). The maximum atomic E-state index is 12.3. The number of hydrogen-bond acceptors (Lipinski definition) is 6. The van der Waals surface area contributed by atoms with Crippen LogP contribution in [0.4, 0.5) is 0 Å². The van der Waals surface area contributed by atoms with Crippen molar-refractivity contribution in [3.8, 4) is 0 Å². The van der Waals surface area contributed by atoms with Crippen molar-refractivity contribution in [2.24, 2.45) is 0 Å². The van der Waals surface area contributed by atoms with Gasteiger partial charge in [-0.1, -0.05) is 19.0 Å². The van der Waals surface area contributed by atoms with Gasteiger partial charge in [-0.15, -0.1) is 0 Å². The van der Waals surface area contributed by atoms with Crippen molar-refractivity contribution in [3.63, 3.8) is 0 Å². The molecular formula is C14H23N3O4S. The van der Waals surface area contributed by atoms with Crippen molar-refractivity contribution in [2.75, 3.05) is 19.3 Å². The lowest BCUT2D eigenvalue weighted by molar-refractivity contribution is -0.131. The Morgan fingerprint density at radius 3 is 2.59 bits per heavy atom. The molecule has 0 aliphatic carbocycles. The normalized spacial score (nSPS) is 21.1. The SMILES string of the molecule is CC(C)c1nc([C@H]2CCCN(C(=O)[C@H](C)S(C)(=O)=O)C2)no1. The average molecular weight is 329 g/mol. The zero-order chi connectivity index (χ0) is 16.5. The third kappa shape index (κ3) is 3.66. The van der Waals surface area contributed by atoms with Crippen molar-refractivity contribution >= 4 is 15.7 Å². The minimum atomic E-state index is -3.38. The molecule has 1 fully saturated rings. The van der Waals surface area contributed by atoms with Crippen LogP contribution in [-0.4, -0.2) is 54.0 Å². The van der Waals surface area contributed by atoms with Crippen molar-refractivity contribution in [3.05, 3.63) is 11.7 Å². The van der Waals surface area contributed by atoms with E-state index in [0.29, 0.717) is 24.8 Å². The minimum absolute atomic E-state index is 0.000658. The van der Waals surface area contributed by atoms with Crippen molar-refractivity contribution < 1.29 is 17.7 Å². The molecule has 0 radical (unpaired) electrons. The number of piperidine rings is 1. The lowest BCUT2D eigenvalue weighted by Crippen LogP contribution is -2.45. The molecular weight excluding hydrogens is 306 g/mol. The van der Waals surface area contributed by atoms with Gasteiger partial charge in [0.2, 0.25) is 11.8 Å². The maximum absolute atomic E-state index is 12.3. The molecule has 1 aromatic heterocycles. The van der Waals surface area contributed by atoms with E-state index in [9.17, 15) is 13.2 Å². The van der Waals surface area contributed by atoms with Crippen LogP contribution in [0.15, 0.2) is 4.52 Å². The highest BCUT2D eigenvalue weighted by atomic mass is 32.2. The Hall–Kier alpha value is -1.44. The van der Waals surface area contributed by atoms with Crippen molar-refractivity contribution in [1.29, 1.82) is 0 Å². The van der Waals surface area contributed by atoms with Crippen LogP contribution < -0.4 is 0 Å². The summed E-state index contributed by atoms with van der Waals surface area (Å²) in [5.41, 5.74) is 0. The van der Waals surface area contributed by atoms with Gasteiger partial charge < -0.3 is 9.42 Å². The molecule has 22 heavy (non-hydrogen) atoms. The first-order valence-corrected chi connectivity index (χ1v) is 9.46. The van der Waals surface area contributed by atoms with E-state index in [1.165, 1.54) is 6.92 Å². The topological polar surface area (TPSA) is 93.4 Å². The van der Waals surface area contributed by atoms with Gasteiger partial charge in [0.25, 0.3) is 0 Å². The molecule has 2 heterocycles. The van der Waals surface area contributed by atoms with E-state index >= 15 is 0 Å². The summed E-state index contributed by atoms with van der Waals surface area (Å²) in [7, 11) is -3.38. The molecule has 1 aliphatic rings. The summed E-state index contributed by atoms with van der Waals surface area (Å²) in [6, 6.07) is 0. The second-order valence-corrected chi connectivity index (χ2v) is 8.61. The Balaban J connectivity index is 2.10. The molecule has 7 nitrogen and oxygen atoms in total. The Morgan fingerprint density at radius 2 is 2.05 bits per heavy atom. The Bertz CT molecular complexity index is 638. The lowest BCUT2D eigenvalue weighted by atomic mass is 9.97. The lowest BCUT2D eigenvalue weighted by Gasteiger charge is -2.32. The summed E-state index contributed by atoms with van der Waals surface area (Å²) in [5.74, 6) is 1.00. The molecule has 0 aromatic carbocycles. The maximum Gasteiger partial charge on any atom is 0.240 e. The van der Waals surface area contributed by atoms with Gasteiger partial charge in [-0.05, 0) is 19.8 Å². The number of carbonyl (C=O) groups is 1. The average Bonchev–Trinajstić information content (AvgIpc) is 2.95. The van der Waals surface area contributed by atoms with E-state index in [1.54, 1.807) is 4.90 Å². The fourth-order valence-corrected chi connectivity index (χ4v) is 2.99. The summed E-state index contributed by atoms with van der Waals surface area (Å²) in [4.78, 5) is 18.3. The summed E-state index contributed by atoms with van der Waals surface area (Å²) in [6.07, 6.45) is 2.76. The number of aromatic nitrogens is 2. The first kappa shape index (κ1) is 16.9. The summed E-state index contributed by atoms with van der Waals surface area (Å²) >= 11 is 0. The van der Waals surface area contributed by atoms with Crippen LogP contribution in [0.5, 0.6) is 0 Å². The predicted molar refractivity (Wildman–Crippen MR) is 81.2 cm³/mol. The van der Waals surface area contributed by atoms with E-state index in [2.05, 4.69) is 10.1 Å². The Kier molecular flexibility index (Phi) is 4.89. The van der Waals surface area contributed by atoms with Crippen LogP contribution in [-0.2, 0) is 14.6 Å². The molecule has 0 bridgehead atoms. The zero-order valence-corrected chi connectivity index (χ0v) is 14.3. The summed E-state index contributed by atoms with van der Waals surface area (Å²) in [5, 5.41) is 2.99. The van der Waals surface area contributed by atoms with Gasteiger partial charge in [0, 0.05) is 31.2 Å². The molecule has 1 aromatic rings. The number of amides is 1. The predicted octanol–water partition coefficient (Wildman–Crippen LogP) is 1.33. The highest BCUT2D eigenvalue weighted by Crippen LogP contribution is 2.26. The smallest absolute Gasteiger partial charge is 0.240 e. The van der Waals surface area contributed by atoms with Crippen LogP contribution in [0.3, 0.4) is 0 Å². The third-order valence-electron chi connectivity index (χ3n) is 4.04. The van der Waals surface area contributed by atoms with Crippen molar-refractivity contribution in [2.45, 2.75) is 50.7 Å². The van der Waals surface area contributed by atoms with Gasteiger partial charge in [0.1, 0.15) is 5.25 Å². The number of carbonyl (C=O) groups excluding carboxylic acids is 1. The summed E-state index contributed by atoms with van der Waals surface area (Å²) < 4.78 is 28.3. The van der Waals surface area contributed by atoms with Gasteiger partial charge in [0.15, 0.2) is 15.7 Å². The minimum Gasteiger partial charge on any atom is -0.341 e. The number of hydrogen-bond donors (Lipinski definition) is 0. The molecule has 0 N–H and O–H groups in total. The second-order valence-electron chi connectivity index (χ2n) is 6.24. The highest BCUT2D eigenvalue weighted by Gasteiger charge is 2.33. The monoisotopic (exact) mass is 329 g/mol. The zero-order valence-electron chi connectivity index (χ0n) is 13.4. The van der Waals surface area contributed by atoms with Gasteiger partial charge in [-0.25, -0.2) is 8.42 Å². The number of rotatable bonds is 4. The van der Waals surface area contributed by atoms with Gasteiger partial charge in [-0.3, -0.25) is 4.79 Å². The number of nitrogens with zero attached hydrogens (tertiary/aromatic N) is 3. The number of sulfone groups is 1. The van der Waals surface area contributed by atoms with Crippen LogP contribution in [0.1, 0.15) is 57.2 Å². The first-order chi connectivity index (χ1) is 10.2. The first-order valence-electron chi connectivity index (χ1n) is 7.51. The standard InChI is InChI=1S/C14H23N3O4S/c1-9(2)13-15-12(16-21-13)11-6-5-7-17(8-11)14(18)10(3)22(4,19)20/h9-11H,5-8H2,1-4H3/t10-,11-/m0/s1. The van der Waals surface area contributed by atoms with E-state index in [-0.39, 0.29) is 17.7 Å². The molecule has 0 saturated carbocycles. The van der Waals surface area contributed by atoms with Crippen LogP contribution in [0, 0.1) is 0 Å². The molecule has 0 spiro atoms. The van der Waals surface area contributed by atoms with E-state index in [4.69, 9.17) is 4.52 Å². The Labute approximate surface area is 131 Å². The summed E-state index contributed by atoms with van der Waals surface area (Å²) in [6.45, 7) is 6.40. The largest absolute Gasteiger partial charge is 0.341 e. The quantitative estimate of drug-likeness (QED) is 0.827. The molecule has 1 aliphatic heterocycles. The number of likely N-dealkylation sites (tertiary alicyclic amines) is 1. The van der Waals surface area contributed by atoms with Crippen LogP contribution in [0.2, 0.25) is 0 Å². The molecule has 1 amide bonds. The molecule has 2 atom stereocenters. The van der Waals surface area contributed by atoms with E-state index < -0.39 is 15.1 Å². The van der Waals surface area contributed by atoms with E-state index in [1.807, 2.05) is 13.8 Å². The van der Waals surface area contributed by atoms with Gasteiger partial charge in [-0.2, -0.15) is 4.98 Å². The van der Waals surface area contributed by atoms with E-state index in [0.717, 1.165) is 19.1 Å². The van der Waals surface area contributed by atoms with Gasteiger partial charge >= 0.3 is 0 Å². The highest BCUT2D eigenvalue weighted by molar-refractivity contribution is 7.92. The Morgan fingerprint density at radius 1 is 1.36 bits per heavy atom. The van der Waals surface area contributed by atoms with Crippen LogP contribution >= 0.6 is 0 Å². The van der Waals surface area contributed by atoms with Crippen molar-refractivity contribution in [1.82, 2.24) is 15.0 Å². The van der Waals surface area contributed by atoms with Gasteiger partial charge in [0.05, 0.1) is 0 Å². The fraction of sp³-hybridized carbons (Fsp3) is 0.786.